The maximum Gasteiger partial charge on any atom is 0.315 e. The summed E-state index contributed by atoms with van der Waals surface area (Å²) in [5.41, 5.74) is -1.48. The zero-order valence-electron chi connectivity index (χ0n) is 43.2. The van der Waals surface area contributed by atoms with Crippen molar-refractivity contribution in [2.45, 2.75) is 229 Å². The minimum atomic E-state index is -1.77. The maximum atomic E-state index is 14.7. The number of esters is 1. The first-order chi connectivity index (χ1) is 34.2. The predicted molar refractivity (Wildman–Crippen MR) is 251 cm³/mol. The summed E-state index contributed by atoms with van der Waals surface area (Å²) in [4.78, 5) is 14.7. The molecule has 0 bridgehead atoms. The molecule has 4 heterocycles. The van der Waals surface area contributed by atoms with E-state index in [0.717, 1.165) is 32.1 Å². The molecule has 73 heavy (non-hydrogen) atoms. The minimum Gasteiger partial charge on any atom is -0.432 e. The van der Waals surface area contributed by atoms with Gasteiger partial charge in [-0.3, -0.25) is 4.79 Å². The number of allylic oxidation sites excluding steroid dienone is 2. The number of aliphatic hydroxyl groups excluding tert-OH is 12. The second-order valence-electron chi connectivity index (χ2n) is 25.2. The van der Waals surface area contributed by atoms with E-state index in [4.69, 9.17) is 37.9 Å². The molecule has 9 aliphatic rings. The topological polar surface area (TPSA) is 334 Å². The first-order valence-corrected chi connectivity index (χ1v) is 26.7. The van der Waals surface area contributed by atoms with Crippen molar-refractivity contribution in [1.82, 2.24) is 0 Å². The van der Waals surface area contributed by atoms with Gasteiger partial charge < -0.3 is 99.2 Å². The third kappa shape index (κ3) is 9.10. The Morgan fingerprint density at radius 2 is 1.27 bits per heavy atom. The van der Waals surface area contributed by atoms with Crippen LogP contribution in [0, 0.1) is 50.2 Å². The van der Waals surface area contributed by atoms with E-state index in [2.05, 4.69) is 40.7 Å². The number of hydrogen-bond acceptors (Lipinski definition) is 21. The molecule has 21 heteroatoms. The summed E-state index contributed by atoms with van der Waals surface area (Å²) in [6, 6.07) is 0. The quantitative estimate of drug-likeness (QED) is 0.0727. The number of ether oxygens (including phenoxy) is 8. The Kier molecular flexibility index (Phi) is 15.6. The molecule has 0 aromatic carbocycles. The van der Waals surface area contributed by atoms with Crippen LogP contribution in [0.2, 0.25) is 0 Å². The van der Waals surface area contributed by atoms with E-state index in [0.29, 0.717) is 32.1 Å². The lowest BCUT2D eigenvalue weighted by molar-refractivity contribution is -0.379. The maximum absolute atomic E-state index is 14.7. The van der Waals surface area contributed by atoms with Gasteiger partial charge in [0.05, 0.1) is 44.1 Å². The molecule has 27 atom stereocenters. The lowest BCUT2D eigenvalue weighted by atomic mass is 9.33. The first-order valence-electron chi connectivity index (χ1n) is 26.7. The third-order valence-corrected chi connectivity index (χ3v) is 20.7. The zero-order valence-corrected chi connectivity index (χ0v) is 43.2. The van der Waals surface area contributed by atoms with Gasteiger partial charge in [0.15, 0.2) is 18.9 Å². The lowest BCUT2D eigenvalue weighted by Gasteiger charge is -2.71. The highest BCUT2D eigenvalue weighted by atomic mass is 16.8. The first kappa shape index (κ1) is 56.2. The van der Waals surface area contributed by atoms with Gasteiger partial charge in [-0.05, 0) is 111 Å². The zero-order chi connectivity index (χ0) is 53.1. The molecule has 0 radical (unpaired) electrons. The highest BCUT2D eigenvalue weighted by Gasteiger charge is 2.71. The summed E-state index contributed by atoms with van der Waals surface area (Å²) >= 11 is 0. The molecule has 21 nitrogen and oxygen atoms in total. The van der Waals surface area contributed by atoms with Crippen molar-refractivity contribution in [2.24, 2.45) is 50.2 Å². The normalized spacial score (nSPS) is 55.0. The Balaban J connectivity index is 0.939. The molecule has 0 aromatic rings. The van der Waals surface area contributed by atoms with Crippen LogP contribution in [0.3, 0.4) is 0 Å². The predicted octanol–water partition coefficient (Wildman–Crippen LogP) is -0.757. The molecule has 8 fully saturated rings. The van der Waals surface area contributed by atoms with Crippen molar-refractivity contribution >= 4 is 5.97 Å². The second-order valence-corrected chi connectivity index (χ2v) is 25.2. The Morgan fingerprint density at radius 3 is 1.96 bits per heavy atom. The van der Waals surface area contributed by atoms with Crippen LogP contribution in [0.1, 0.15) is 113 Å². The lowest BCUT2D eigenvalue weighted by Crippen LogP contribution is -2.67. The van der Waals surface area contributed by atoms with Gasteiger partial charge in [0, 0.05) is 5.41 Å². The molecule has 0 spiro atoms. The van der Waals surface area contributed by atoms with Crippen LogP contribution in [-0.2, 0) is 42.7 Å². The summed E-state index contributed by atoms with van der Waals surface area (Å²) in [5.74, 6) is -0.587. The van der Waals surface area contributed by atoms with Gasteiger partial charge in [0.2, 0.25) is 6.29 Å². The van der Waals surface area contributed by atoms with Crippen LogP contribution in [-0.4, -0.2) is 210 Å². The molecule has 27 unspecified atom stereocenters. The van der Waals surface area contributed by atoms with Crippen LogP contribution < -0.4 is 0 Å². The Hall–Kier alpha value is -1.55. The van der Waals surface area contributed by atoms with Gasteiger partial charge in [-0.1, -0.05) is 53.2 Å². The SMILES string of the molecule is CC1OC(OC2C(OC3CCC4(C)C(CCC5(C)C4CC=C4C6CC(C)(C)CCC6(C(=O)OC6OC(CO)C(O)C(O)C6O)CCC45C)C3(C)CO)OCC(O)C2O)C(O)C(OC2OCC(O)C(O)C2O)C1O. The standard InChI is InChI=1S/C52H84O21/c1-23-32(57)40(71-42-37(62)33(58)26(55)20-66-42)39(64)44(68-23)72-41-34(59)27(56)21-67-45(41)70-31-11-12-48(4)29(49(31,5)22-54)10-13-51(7)30(48)9-8-24-25-18-47(2,3)14-16-52(25,17-15-50(24,51)6)46(65)73-43-38(63)36(61)35(60)28(19-53)69-43/h8,23,25-45,53-64H,9-22H2,1-7H3. The Labute approximate surface area is 426 Å². The summed E-state index contributed by atoms with van der Waals surface area (Å²) in [6.07, 6.45) is -18.7. The molecular weight excluding hydrogens is 961 g/mol. The minimum absolute atomic E-state index is 0.0515. The largest absolute Gasteiger partial charge is 0.432 e. The number of carbonyl (C=O) groups excluding carboxylic acids is 1. The van der Waals surface area contributed by atoms with Gasteiger partial charge in [-0.2, -0.15) is 0 Å². The van der Waals surface area contributed by atoms with E-state index in [9.17, 15) is 66.1 Å². The molecule has 4 saturated heterocycles. The summed E-state index contributed by atoms with van der Waals surface area (Å²) in [7, 11) is 0. The smallest absolute Gasteiger partial charge is 0.315 e. The highest BCUT2D eigenvalue weighted by molar-refractivity contribution is 5.79. The van der Waals surface area contributed by atoms with Crippen LogP contribution in [0.15, 0.2) is 11.6 Å². The summed E-state index contributed by atoms with van der Waals surface area (Å²) < 4.78 is 47.8. The number of carbonyl (C=O) groups is 1. The molecule has 5 aliphatic carbocycles. The number of fused-ring (bicyclic) bond motifs is 7. The number of hydrogen-bond donors (Lipinski definition) is 12. The molecule has 4 aliphatic heterocycles. The molecule has 0 aromatic heterocycles. The van der Waals surface area contributed by atoms with Crippen molar-refractivity contribution in [2.75, 3.05) is 26.4 Å². The van der Waals surface area contributed by atoms with E-state index in [1.165, 1.54) is 12.5 Å². The van der Waals surface area contributed by atoms with Crippen molar-refractivity contribution in [3.05, 3.63) is 11.6 Å². The fraction of sp³-hybridized carbons (Fsp3) is 0.942. The number of rotatable bonds is 10. The second kappa shape index (κ2) is 20.3. The van der Waals surface area contributed by atoms with Crippen molar-refractivity contribution in [3.8, 4) is 0 Å². The molecule has 12 N–H and O–H groups in total. The monoisotopic (exact) mass is 1040 g/mol. The molecule has 0 amide bonds. The van der Waals surface area contributed by atoms with Crippen LogP contribution in [0.4, 0.5) is 0 Å². The van der Waals surface area contributed by atoms with E-state index in [-0.39, 0.29) is 59.2 Å². The van der Waals surface area contributed by atoms with Crippen molar-refractivity contribution in [1.29, 1.82) is 0 Å². The van der Waals surface area contributed by atoms with Crippen LogP contribution >= 0.6 is 0 Å². The molecule has 9 rings (SSSR count). The average Bonchev–Trinajstić information content (AvgIpc) is 3.35. The van der Waals surface area contributed by atoms with Crippen molar-refractivity contribution < 1.29 is 104 Å². The number of aliphatic hydroxyl groups is 12. The molecular formula is C52H84O21. The molecule has 418 valence electrons. The van der Waals surface area contributed by atoms with Crippen LogP contribution in [0.5, 0.6) is 0 Å². The van der Waals surface area contributed by atoms with Gasteiger partial charge in [0.1, 0.15) is 79.4 Å². The van der Waals surface area contributed by atoms with Crippen molar-refractivity contribution in [3.63, 3.8) is 0 Å². The highest BCUT2D eigenvalue weighted by Crippen LogP contribution is 2.76. The Bertz CT molecular complexity index is 2010. The van der Waals surface area contributed by atoms with Crippen LogP contribution in [0.25, 0.3) is 0 Å². The third-order valence-electron chi connectivity index (χ3n) is 20.7. The van der Waals surface area contributed by atoms with E-state index >= 15 is 0 Å². The van der Waals surface area contributed by atoms with E-state index in [1.54, 1.807) is 0 Å². The van der Waals surface area contributed by atoms with E-state index < -0.39 is 140 Å². The Morgan fingerprint density at radius 1 is 0.630 bits per heavy atom. The average molecular weight is 1050 g/mol. The van der Waals surface area contributed by atoms with Gasteiger partial charge in [-0.15, -0.1) is 0 Å². The summed E-state index contributed by atoms with van der Waals surface area (Å²) in [6.45, 7) is 13.5. The summed E-state index contributed by atoms with van der Waals surface area (Å²) in [5, 5.41) is 129. The van der Waals surface area contributed by atoms with Gasteiger partial charge >= 0.3 is 5.97 Å². The molecule has 4 saturated carbocycles. The van der Waals surface area contributed by atoms with E-state index in [1.807, 2.05) is 6.92 Å². The fourth-order valence-corrected chi connectivity index (χ4v) is 15.9. The van der Waals surface area contributed by atoms with Gasteiger partial charge in [-0.25, -0.2) is 0 Å². The fourth-order valence-electron chi connectivity index (χ4n) is 15.9. The van der Waals surface area contributed by atoms with Gasteiger partial charge in [0.25, 0.3) is 0 Å².